The van der Waals surface area contributed by atoms with E-state index in [0.29, 0.717) is 55.6 Å². The molecular weight excluding hydrogens is 392 g/mol. The third-order valence-electron chi connectivity index (χ3n) is 5.43. The van der Waals surface area contributed by atoms with Crippen molar-refractivity contribution >= 4 is 10.0 Å². The molecule has 0 N–H and O–H groups in total. The number of hydrogen-bond donors (Lipinski definition) is 0. The molecule has 0 amide bonds. The number of nitrogens with zero attached hydrogens (tertiary/aromatic N) is 4. The van der Waals surface area contributed by atoms with Crippen LogP contribution >= 0.6 is 0 Å². The molecule has 0 aliphatic carbocycles. The van der Waals surface area contributed by atoms with E-state index < -0.39 is 10.0 Å². The normalized spacial score (nSPS) is 16.2. The molecule has 2 aromatic rings. The number of sulfonamides is 1. The number of piperazine rings is 1. The summed E-state index contributed by atoms with van der Waals surface area (Å²) < 4.78 is 40.5. The van der Waals surface area contributed by atoms with Crippen LogP contribution in [0, 0.1) is 13.8 Å². The number of aryl methyl sites for hydroxylation is 2. The number of methoxy groups -OCH3 is 2. The lowest BCUT2D eigenvalue weighted by molar-refractivity contribution is 0.180. The monoisotopic (exact) mass is 422 g/mol. The minimum absolute atomic E-state index is 0.352. The van der Waals surface area contributed by atoms with Gasteiger partial charge in [-0.2, -0.15) is 9.40 Å². The molecule has 0 radical (unpaired) electrons. The molecule has 1 aliphatic rings. The number of aromatic nitrogens is 2. The summed E-state index contributed by atoms with van der Waals surface area (Å²) >= 11 is 0. The minimum atomic E-state index is -3.55. The van der Waals surface area contributed by atoms with Crippen LogP contribution in [0.5, 0.6) is 11.5 Å². The number of benzene rings is 1. The fraction of sp³-hybridized carbons (Fsp3) is 0.550. The number of hydrogen-bond acceptors (Lipinski definition) is 6. The summed E-state index contributed by atoms with van der Waals surface area (Å²) in [6.45, 7) is 9.13. The van der Waals surface area contributed by atoms with Crippen LogP contribution in [0.1, 0.15) is 23.9 Å². The van der Waals surface area contributed by atoms with Crippen molar-refractivity contribution in [2.24, 2.45) is 0 Å². The second-order valence-electron chi connectivity index (χ2n) is 7.17. The summed E-state index contributed by atoms with van der Waals surface area (Å²) in [4.78, 5) is 2.59. The maximum Gasteiger partial charge on any atom is 0.246 e. The van der Waals surface area contributed by atoms with Gasteiger partial charge >= 0.3 is 0 Å². The second-order valence-corrected chi connectivity index (χ2v) is 9.05. The quantitative estimate of drug-likeness (QED) is 0.680. The molecule has 1 saturated heterocycles. The van der Waals surface area contributed by atoms with Gasteiger partial charge in [-0.05, 0) is 26.8 Å². The van der Waals surface area contributed by atoms with Gasteiger partial charge in [0, 0.05) is 50.9 Å². The van der Waals surface area contributed by atoms with Gasteiger partial charge in [-0.25, -0.2) is 8.42 Å². The van der Waals surface area contributed by atoms with Crippen molar-refractivity contribution in [1.82, 2.24) is 19.0 Å². The third kappa shape index (κ3) is 4.26. The van der Waals surface area contributed by atoms with E-state index in [1.807, 2.05) is 32.0 Å². The van der Waals surface area contributed by atoms with Gasteiger partial charge < -0.3 is 9.47 Å². The molecule has 2 heterocycles. The van der Waals surface area contributed by atoms with E-state index in [4.69, 9.17) is 9.47 Å². The fourth-order valence-corrected chi connectivity index (χ4v) is 5.64. The highest BCUT2D eigenvalue weighted by atomic mass is 32.2. The molecule has 0 unspecified atom stereocenters. The predicted molar refractivity (Wildman–Crippen MR) is 111 cm³/mol. The van der Waals surface area contributed by atoms with Crippen molar-refractivity contribution in [2.75, 3.05) is 40.4 Å². The molecular formula is C20H30N4O4S. The first-order valence-corrected chi connectivity index (χ1v) is 11.2. The maximum absolute atomic E-state index is 13.2. The molecule has 1 aromatic carbocycles. The SMILES string of the molecule is CCn1nc(C)c(S(=O)(=O)N2CCN(Cc3ccc(OC)cc3OC)CC2)c1C. The van der Waals surface area contributed by atoms with Gasteiger partial charge in [-0.3, -0.25) is 9.58 Å². The first-order valence-electron chi connectivity index (χ1n) is 9.79. The van der Waals surface area contributed by atoms with Gasteiger partial charge in [0.05, 0.1) is 25.6 Å². The van der Waals surface area contributed by atoms with E-state index in [-0.39, 0.29) is 0 Å². The highest BCUT2D eigenvalue weighted by Crippen LogP contribution is 2.28. The minimum Gasteiger partial charge on any atom is -0.497 e. The molecule has 3 rings (SSSR count). The molecule has 9 heteroatoms. The van der Waals surface area contributed by atoms with Crippen molar-refractivity contribution in [3.05, 3.63) is 35.2 Å². The van der Waals surface area contributed by atoms with Crippen LogP contribution in [0.4, 0.5) is 0 Å². The molecule has 0 saturated carbocycles. The zero-order valence-electron chi connectivity index (χ0n) is 17.8. The zero-order chi connectivity index (χ0) is 21.2. The first kappa shape index (κ1) is 21.6. The van der Waals surface area contributed by atoms with Gasteiger partial charge in [-0.1, -0.05) is 6.07 Å². The Balaban J connectivity index is 1.70. The maximum atomic E-state index is 13.2. The molecule has 29 heavy (non-hydrogen) atoms. The lowest BCUT2D eigenvalue weighted by Gasteiger charge is -2.34. The van der Waals surface area contributed by atoms with Crippen LogP contribution in [0.15, 0.2) is 23.1 Å². The summed E-state index contributed by atoms with van der Waals surface area (Å²) in [7, 11) is -0.279. The van der Waals surface area contributed by atoms with Crippen LogP contribution in [0.3, 0.4) is 0 Å². The summed E-state index contributed by atoms with van der Waals surface area (Å²) in [6, 6.07) is 5.77. The van der Waals surface area contributed by atoms with E-state index in [1.54, 1.807) is 30.1 Å². The fourth-order valence-electron chi connectivity index (χ4n) is 3.84. The van der Waals surface area contributed by atoms with Gasteiger partial charge in [0.25, 0.3) is 0 Å². The van der Waals surface area contributed by atoms with E-state index in [0.717, 1.165) is 17.1 Å². The third-order valence-corrected chi connectivity index (χ3v) is 7.58. The average Bonchev–Trinajstić information content (AvgIpc) is 3.02. The summed E-state index contributed by atoms with van der Waals surface area (Å²) in [5.74, 6) is 1.53. The highest BCUT2D eigenvalue weighted by Gasteiger charge is 2.33. The van der Waals surface area contributed by atoms with Crippen molar-refractivity contribution in [3.63, 3.8) is 0 Å². The summed E-state index contributed by atoms with van der Waals surface area (Å²) in [5, 5.41) is 4.37. The molecule has 0 bridgehead atoms. The molecule has 1 fully saturated rings. The van der Waals surface area contributed by atoms with Crippen LogP contribution in [-0.4, -0.2) is 67.8 Å². The average molecular weight is 423 g/mol. The topological polar surface area (TPSA) is 76.9 Å². The van der Waals surface area contributed by atoms with Crippen LogP contribution < -0.4 is 9.47 Å². The Kier molecular flexibility index (Phi) is 6.50. The molecule has 0 spiro atoms. The molecule has 8 nitrogen and oxygen atoms in total. The second kappa shape index (κ2) is 8.73. The zero-order valence-corrected chi connectivity index (χ0v) is 18.6. The van der Waals surface area contributed by atoms with Crippen molar-refractivity contribution in [3.8, 4) is 11.5 Å². The lowest BCUT2D eigenvalue weighted by atomic mass is 10.1. The molecule has 0 atom stereocenters. The van der Waals surface area contributed by atoms with E-state index >= 15 is 0 Å². The predicted octanol–water partition coefficient (Wildman–Crippen LogP) is 2.04. The van der Waals surface area contributed by atoms with Crippen LogP contribution in [0.25, 0.3) is 0 Å². The summed E-state index contributed by atoms with van der Waals surface area (Å²) in [6.07, 6.45) is 0. The Hall–Kier alpha value is -2.10. The smallest absolute Gasteiger partial charge is 0.246 e. The van der Waals surface area contributed by atoms with Gasteiger partial charge in [0.2, 0.25) is 10.0 Å². The van der Waals surface area contributed by atoms with E-state index in [2.05, 4.69) is 10.00 Å². The van der Waals surface area contributed by atoms with Crippen molar-refractivity contribution in [2.45, 2.75) is 38.8 Å². The Morgan fingerprint density at radius 3 is 2.31 bits per heavy atom. The molecule has 160 valence electrons. The standard InChI is InChI=1S/C20H30N4O4S/c1-6-24-16(3)20(15(2)21-24)29(25,26)23-11-9-22(10-12-23)14-17-7-8-18(27-4)13-19(17)28-5/h7-8,13H,6,9-12,14H2,1-5H3. The Bertz CT molecular complexity index is 963. The van der Waals surface area contributed by atoms with Crippen LogP contribution in [-0.2, 0) is 23.1 Å². The number of rotatable bonds is 7. The van der Waals surface area contributed by atoms with Gasteiger partial charge in [-0.15, -0.1) is 0 Å². The largest absolute Gasteiger partial charge is 0.497 e. The Morgan fingerprint density at radius 1 is 1.07 bits per heavy atom. The van der Waals surface area contributed by atoms with Gasteiger partial charge in [0.1, 0.15) is 16.4 Å². The Labute approximate surface area is 173 Å². The van der Waals surface area contributed by atoms with E-state index in [1.165, 1.54) is 0 Å². The highest BCUT2D eigenvalue weighted by molar-refractivity contribution is 7.89. The number of ether oxygens (including phenoxy) is 2. The van der Waals surface area contributed by atoms with Crippen molar-refractivity contribution < 1.29 is 17.9 Å². The van der Waals surface area contributed by atoms with Crippen molar-refractivity contribution in [1.29, 1.82) is 0 Å². The molecule has 1 aliphatic heterocycles. The Morgan fingerprint density at radius 2 is 1.76 bits per heavy atom. The first-order chi connectivity index (χ1) is 13.8. The summed E-state index contributed by atoms with van der Waals surface area (Å²) in [5.41, 5.74) is 2.32. The lowest BCUT2D eigenvalue weighted by Crippen LogP contribution is -2.48. The van der Waals surface area contributed by atoms with Crippen LogP contribution in [0.2, 0.25) is 0 Å². The van der Waals surface area contributed by atoms with Gasteiger partial charge in [0.15, 0.2) is 0 Å². The van der Waals surface area contributed by atoms with E-state index in [9.17, 15) is 8.42 Å². The molecule has 1 aromatic heterocycles.